The molecule has 0 saturated heterocycles. The van der Waals surface area contributed by atoms with Crippen LogP contribution in [0.4, 0.5) is 0 Å². The molecule has 1 atom stereocenters. The maximum absolute atomic E-state index is 12.2. The van der Waals surface area contributed by atoms with E-state index in [0.29, 0.717) is 12.0 Å². The van der Waals surface area contributed by atoms with E-state index in [2.05, 4.69) is 5.32 Å². The van der Waals surface area contributed by atoms with E-state index < -0.39 is 11.9 Å². The number of phenolic OH excluding ortho intramolecular Hbond substituents is 1. The summed E-state index contributed by atoms with van der Waals surface area (Å²) in [5.74, 6) is 5.32. The molecule has 9 nitrogen and oxygen atoms in total. The van der Waals surface area contributed by atoms with Crippen LogP contribution in [-0.4, -0.2) is 39.7 Å². The Morgan fingerprint density at radius 1 is 1.03 bits per heavy atom. The van der Waals surface area contributed by atoms with E-state index >= 15 is 0 Å². The third-order valence-electron chi connectivity index (χ3n) is 5.15. The molecule has 1 unspecified atom stereocenters. The summed E-state index contributed by atoms with van der Waals surface area (Å²) in [4.78, 5) is 24.1. The molecular formula is C24H27N5O4. The summed E-state index contributed by atoms with van der Waals surface area (Å²) in [5, 5.41) is 24.4. The quantitative estimate of drug-likeness (QED) is 0.165. The van der Waals surface area contributed by atoms with Gasteiger partial charge in [-0.3, -0.25) is 14.8 Å². The predicted octanol–water partition coefficient (Wildman–Crippen LogP) is 1.76. The minimum absolute atomic E-state index is 0.0301. The molecule has 0 saturated carbocycles. The fraction of sp³-hybridized carbons (Fsp3) is 0.167. The number of nitrogens with two attached hydrogens (primary N) is 2. The number of nitrogens with zero attached hydrogens (tertiary/aromatic N) is 1. The van der Waals surface area contributed by atoms with E-state index in [1.807, 2.05) is 42.5 Å². The van der Waals surface area contributed by atoms with Gasteiger partial charge in [0.1, 0.15) is 5.75 Å². The maximum Gasteiger partial charge on any atom is 0.251 e. The number of aromatic hydroxyl groups is 1. The van der Waals surface area contributed by atoms with E-state index in [-0.39, 0.29) is 30.3 Å². The number of rotatable bonds is 9. The summed E-state index contributed by atoms with van der Waals surface area (Å²) in [7, 11) is 0. The molecule has 172 valence electrons. The highest BCUT2D eigenvalue weighted by atomic mass is 16.5. The summed E-state index contributed by atoms with van der Waals surface area (Å²) in [6, 6.07) is 19.2. The number of hydrogen-bond donors (Lipinski definition) is 6. The van der Waals surface area contributed by atoms with Gasteiger partial charge in [0.25, 0.3) is 5.91 Å². The second kappa shape index (κ2) is 11.0. The van der Waals surface area contributed by atoms with Gasteiger partial charge >= 0.3 is 0 Å². The molecule has 0 fully saturated rings. The van der Waals surface area contributed by atoms with Gasteiger partial charge in [0, 0.05) is 17.5 Å². The van der Waals surface area contributed by atoms with Crippen molar-refractivity contribution in [3.8, 4) is 5.75 Å². The summed E-state index contributed by atoms with van der Waals surface area (Å²) in [6.45, 7) is 0.0301. The van der Waals surface area contributed by atoms with Crippen molar-refractivity contribution in [2.75, 3.05) is 6.54 Å². The highest BCUT2D eigenvalue weighted by Crippen LogP contribution is 2.18. The maximum atomic E-state index is 12.2. The SMILES string of the molecule is N/C(=C\N(N)C(CC(=O)NO)Cc1ccc2ccccc2c1)CNC(=O)c1ccc(O)cc1. The van der Waals surface area contributed by atoms with Crippen molar-refractivity contribution in [2.24, 2.45) is 11.6 Å². The lowest BCUT2D eigenvalue weighted by Gasteiger charge is -2.26. The second-order valence-electron chi connectivity index (χ2n) is 7.66. The van der Waals surface area contributed by atoms with Gasteiger partial charge in [0.15, 0.2) is 0 Å². The first-order valence-corrected chi connectivity index (χ1v) is 10.3. The largest absolute Gasteiger partial charge is 0.508 e. The fourth-order valence-electron chi connectivity index (χ4n) is 3.42. The zero-order valence-electron chi connectivity index (χ0n) is 17.9. The van der Waals surface area contributed by atoms with Crippen molar-refractivity contribution < 1.29 is 19.9 Å². The molecule has 2 amide bonds. The van der Waals surface area contributed by atoms with Gasteiger partial charge in [0.05, 0.1) is 19.0 Å². The normalized spacial score (nSPS) is 12.2. The van der Waals surface area contributed by atoms with Crippen LogP contribution >= 0.6 is 0 Å². The van der Waals surface area contributed by atoms with Crippen LogP contribution in [0.3, 0.4) is 0 Å². The highest BCUT2D eigenvalue weighted by molar-refractivity contribution is 5.94. The van der Waals surface area contributed by atoms with Gasteiger partial charge in [-0.2, -0.15) is 0 Å². The van der Waals surface area contributed by atoms with E-state index in [1.165, 1.54) is 35.5 Å². The number of benzene rings is 3. The Morgan fingerprint density at radius 2 is 1.73 bits per heavy atom. The van der Waals surface area contributed by atoms with Crippen LogP contribution in [0.1, 0.15) is 22.3 Å². The molecule has 0 heterocycles. The zero-order chi connectivity index (χ0) is 23.8. The van der Waals surface area contributed by atoms with E-state index in [0.717, 1.165) is 16.3 Å². The van der Waals surface area contributed by atoms with Gasteiger partial charge in [-0.25, -0.2) is 11.3 Å². The van der Waals surface area contributed by atoms with Crippen molar-refractivity contribution in [1.29, 1.82) is 0 Å². The lowest BCUT2D eigenvalue weighted by atomic mass is 9.99. The molecule has 33 heavy (non-hydrogen) atoms. The van der Waals surface area contributed by atoms with E-state index in [1.54, 1.807) is 5.48 Å². The predicted molar refractivity (Wildman–Crippen MR) is 125 cm³/mol. The molecule has 0 spiro atoms. The number of carbonyl (C=O) groups is 2. The number of hydrogen-bond acceptors (Lipinski definition) is 7. The van der Waals surface area contributed by atoms with Gasteiger partial charge in [0.2, 0.25) is 5.91 Å². The summed E-state index contributed by atoms with van der Waals surface area (Å²) >= 11 is 0. The Bertz CT molecular complexity index is 1150. The highest BCUT2D eigenvalue weighted by Gasteiger charge is 2.19. The summed E-state index contributed by atoms with van der Waals surface area (Å²) in [6.07, 6.45) is 1.81. The molecule has 0 aromatic heterocycles. The third-order valence-corrected chi connectivity index (χ3v) is 5.15. The number of nitrogens with one attached hydrogen (secondary N) is 2. The van der Waals surface area contributed by atoms with Gasteiger partial charge < -0.3 is 21.2 Å². The topological polar surface area (TPSA) is 154 Å². The zero-order valence-corrected chi connectivity index (χ0v) is 17.9. The molecule has 3 aromatic rings. The van der Waals surface area contributed by atoms with E-state index in [9.17, 15) is 14.7 Å². The number of hydrazine groups is 1. The van der Waals surface area contributed by atoms with Crippen molar-refractivity contribution in [2.45, 2.75) is 18.9 Å². The monoisotopic (exact) mass is 449 g/mol. The van der Waals surface area contributed by atoms with Crippen molar-refractivity contribution in [3.05, 3.63) is 89.8 Å². The second-order valence-corrected chi connectivity index (χ2v) is 7.66. The van der Waals surface area contributed by atoms with Gasteiger partial charge in [-0.1, -0.05) is 42.5 Å². The van der Waals surface area contributed by atoms with Crippen LogP contribution in [0.5, 0.6) is 5.75 Å². The Hall–Kier alpha value is -4.08. The number of fused-ring (bicyclic) bond motifs is 1. The minimum atomic E-state index is -0.580. The van der Waals surface area contributed by atoms with Crippen molar-refractivity contribution in [3.63, 3.8) is 0 Å². The molecule has 0 aliphatic carbocycles. The van der Waals surface area contributed by atoms with Gasteiger partial charge in [-0.05, 0) is 47.0 Å². The first-order valence-electron chi connectivity index (χ1n) is 10.3. The van der Waals surface area contributed by atoms with Crippen LogP contribution in [-0.2, 0) is 11.2 Å². The summed E-state index contributed by atoms with van der Waals surface area (Å²) < 4.78 is 0. The number of hydroxylamine groups is 1. The molecule has 3 aromatic carbocycles. The number of amides is 2. The Morgan fingerprint density at radius 3 is 2.42 bits per heavy atom. The molecule has 8 N–H and O–H groups in total. The first-order chi connectivity index (χ1) is 15.9. The Kier molecular flexibility index (Phi) is 7.85. The van der Waals surface area contributed by atoms with Crippen molar-refractivity contribution in [1.82, 2.24) is 15.8 Å². The molecular weight excluding hydrogens is 422 g/mol. The van der Waals surface area contributed by atoms with Crippen LogP contribution < -0.4 is 22.4 Å². The lowest BCUT2D eigenvalue weighted by molar-refractivity contribution is -0.130. The van der Waals surface area contributed by atoms with Crippen LogP contribution in [0.15, 0.2) is 78.6 Å². The summed E-state index contributed by atoms with van der Waals surface area (Å²) in [5.41, 5.74) is 9.28. The number of phenols is 1. The lowest BCUT2D eigenvalue weighted by Crippen LogP contribution is -2.42. The van der Waals surface area contributed by atoms with Crippen LogP contribution in [0.2, 0.25) is 0 Å². The average molecular weight is 450 g/mol. The fourth-order valence-corrected chi connectivity index (χ4v) is 3.42. The van der Waals surface area contributed by atoms with Crippen LogP contribution in [0, 0.1) is 0 Å². The van der Waals surface area contributed by atoms with Crippen molar-refractivity contribution >= 4 is 22.6 Å². The van der Waals surface area contributed by atoms with E-state index in [4.69, 9.17) is 16.8 Å². The molecule has 0 aliphatic heterocycles. The molecule has 0 bridgehead atoms. The molecule has 9 heteroatoms. The Labute approximate surface area is 191 Å². The smallest absolute Gasteiger partial charge is 0.251 e. The standard InChI is InChI=1S/C24H27N5O4/c25-20(14-27-24(32)18-7-9-22(30)10-8-18)15-29(26)21(13-23(31)28-33)12-16-5-6-17-3-1-2-4-19(17)11-16/h1-11,15,21,30,33H,12-14,25-26H2,(H,27,32)(H,28,31)/b20-15-. The van der Waals surface area contributed by atoms with Gasteiger partial charge in [-0.15, -0.1) is 0 Å². The van der Waals surface area contributed by atoms with Crippen LogP contribution in [0.25, 0.3) is 10.8 Å². The average Bonchev–Trinajstić information content (AvgIpc) is 2.82. The Balaban J connectivity index is 1.68. The third kappa shape index (κ3) is 6.70. The minimum Gasteiger partial charge on any atom is -0.508 e. The first kappa shape index (κ1) is 23.6. The molecule has 3 rings (SSSR count). The number of carbonyl (C=O) groups excluding carboxylic acids is 2. The molecule has 0 radical (unpaired) electrons. The molecule has 0 aliphatic rings.